The molecule has 0 spiro atoms. The Morgan fingerprint density at radius 2 is 2.21 bits per heavy atom. The molecule has 0 radical (unpaired) electrons. The molecule has 0 aliphatic heterocycles. The van der Waals surface area contributed by atoms with Crippen LogP contribution in [0.5, 0.6) is 0 Å². The minimum Gasteiger partial charge on any atom is -0.259 e. The summed E-state index contributed by atoms with van der Waals surface area (Å²) >= 11 is 7.25. The number of nitrogens with zero attached hydrogens (tertiary/aromatic N) is 1. The highest BCUT2D eigenvalue weighted by Gasteiger charge is 2.08. The van der Waals surface area contributed by atoms with Crippen LogP contribution in [-0.2, 0) is 0 Å². The van der Waals surface area contributed by atoms with E-state index < -0.39 is 10.7 Å². The molecule has 0 saturated heterocycles. The van der Waals surface area contributed by atoms with Crippen molar-refractivity contribution in [2.45, 2.75) is 0 Å². The summed E-state index contributed by atoms with van der Waals surface area (Å²) in [5.41, 5.74) is 0.434. The summed E-state index contributed by atoms with van der Waals surface area (Å²) in [4.78, 5) is 9.42. The second-order valence-corrected chi connectivity index (χ2v) is 3.85. The number of benzene rings is 1. The van der Waals surface area contributed by atoms with Crippen molar-refractivity contribution in [1.29, 1.82) is 0 Å². The first-order valence-electron chi connectivity index (χ1n) is 3.47. The summed E-state index contributed by atoms with van der Waals surface area (Å²) in [6, 6.07) is 2.88. The predicted molar refractivity (Wildman–Crippen MR) is 60.2 cm³/mol. The molecule has 0 unspecified atom stereocenters. The zero-order valence-electron chi connectivity index (χ0n) is 6.71. The lowest BCUT2D eigenvalue weighted by molar-refractivity contribution is -0.400. The lowest BCUT2D eigenvalue weighted by atomic mass is 10.2. The molecule has 0 aromatic heterocycles. The van der Waals surface area contributed by atoms with Crippen LogP contribution in [0.3, 0.4) is 0 Å². The van der Waals surface area contributed by atoms with Gasteiger partial charge < -0.3 is 0 Å². The van der Waals surface area contributed by atoms with Gasteiger partial charge in [0, 0.05) is 6.08 Å². The molecule has 74 valence electrons. The second-order valence-electron chi connectivity index (χ2n) is 2.37. The molecule has 0 fully saturated rings. The van der Waals surface area contributed by atoms with Gasteiger partial charge in [0.1, 0.15) is 0 Å². The van der Waals surface area contributed by atoms with Crippen LogP contribution in [0, 0.1) is 19.5 Å². The third-order valence-electron chi connectivity index (χ3n) is 1.44. The third-order valence-corrected chi connectivity index (χ3v) is 2.83. The van der Waals surface area contributed by atoms with E-state index in [1.54, 1.807) is 22.6 Å². The summed E-state index contributed by atoms with van der Waals surface area (Å²) in [5, 5.41) is 10.0. The van der Waals surface area contributed by atoms with Crippen LogP contribution >= 0.6 is 34.2 Å². The Morgan fingerprint density at radius 3 is 2.79 bits per heavy atom. The Morgan fingerprint density at radius 1 is 1.57 bits per heavy atom. The number of hydrogen-bond donors (Lipinski definition) is 0. The number of halogens is 3. The van der Waals surface area contributed by atoms with Crippen LogP contribution in [0.25, 0.3) is 6.08 Å². The fraction of sp³-hybridized carbons (Fsp3) is 0. The van der Waals surface area contributed by atoms with Crippen molar-refractivity contribution in [2.24, 2.45) is 0 Å². The van der Waals surface area contributed by atoms with E-state index in [0.717, 1.165) is 6.20 Å². The topological polar surface area (TPSA) is 43.1 Å². The first-order chi connectivity index (χ1) is 6.52. The molecular weight excluding hydrogens is 323 g/mol. The summed E-state index contributed by atoms with van der Waals surface area (Å²) in [6.45, 7) is 0. The standard InChI is InChI=1S/C8H4ClFINO2/c9-6-2-1-5(3-4-12(13)14)8(11)7(6)10/h1-4H. The summed E-state index contributed by atoms with van der Waals surface area (Å²) < 4.78 is 13.4. The molecule has 1 aromatic carbocycles. The molecule has 0 N–H and O–H groups in total. The van der Waals surface area contributed by atoms with Crippen molar-refractivity contribution >= 4 is 40.3 Å². The van der Waals surface area contributed by atoms with Crippen molar-refractivity contribution in [3.8, 4) is 0 Å². The average Bonchev–Trinajstić information content (AvgIpc) is 2.13. The van der Waals surface area contributed by atoms with Gasteiger partial charge in [-0.05, 0) is 34.2 Å². The smallest absolute Gasteiger partial charge is 0.235 e. The van der Waals surface area contributed by atoms with E-state index in [-0.39, 0.29) is 8.59 Å². The average molecular weight is 327 g/mol. The van der Waals surface area contributed by atoms with Crippen LogP contribution in [0.4, 0.5) is 4.39 Å². The van der Waals surface area contributed by atoms with Crippen molar-refractivity contribution < 1.29 is 9.31 Å². The van der Waals surface area contributed by atoms with E-state index in [4.69, 9.17) is 11.6 Å². The number of nitro groups is 1. The number of rotatable bonds is 2. The van der Waals surface area contributed by atoms with Crippen molar-refractivity contribution in [3.05, 3.63) is 48.4 Å². The van der Waals surface area contributed by atoms with E-state index in [9.17, 15) is 14.5 Å². The van der Waals surface area contributed by atoms with Gasteiger partial charge in [-0.15, -0.1) is 0 Å². The lowest BCUT2D eigenvalue weighted by Gasteiger charge is -2.00. The fourth-order valence-electron chi connectivity index (χ4n) is 0.811. The molecule has 0 amide bonds. The van der Waals surface area contributed by atoms with Crippen molar-refractivity contribution in [2.75, 3.05) is 0 Å². The Labute approximate surface area is 97.9 Å². The molecule has 0 bridgehead atoms. The maximum atomic E-state index is 13.2. The Kier molecular flexibility index (Phi) is 3.82. The van der Waals surface area contributed by atoms with Gasteiger partial charge >= 0.3 is 0 Å². The molecule has 0 saturated carbocycles. The molecule has 14 heavy (non-hydrogen) atoms. The van der Waals surface area contributed by atoms with E-state index in [2.05, 4.69) is 0 Å². The van der Waals surface area contributed by atoms with Gasteiger partial charge in [0.15, 0.2) is 5.82 Å². The molecule has 0 aliphatic carbocycles. The highest BCUT2D eigenvalue weighted by Crippen LogP contribution is 2.24. The minimum atomic E-state index is -0.609. The van der Waals surface area contributed by atoms with Gasteiger partial charge in [-0.1, -0.05) is 17.7 Å². The Balaban J connectivity index is 3.12. The molecule has 1 aromatic rings. The van der Waals surface area contributed by atoms with Gasteiger partial charge in [-0.3, -0.25) is 10.1 Å². The number of hydrogen-bond acceptors (Lipinski definition) is 2. The predicted octanol–water partition coefficient (Wildman–Crippen LogP) is 3.33. The molecule has 0 heterocycles. The quantitative estimate of drug-likeness (QED) is 0.362. The zero-order valence-corrected chi connectivity index (χ0v) is 9.62. The van der Waals surface area contributed by atoms with Crippen LogP contribution in [0.15, 0.2) is 18.3 Å². The molecule has 0 atom stereocenters. The maximum absolute atomic E-state index is 13.2. The first-order valence-corrected chi connectivity index (χ1v) is 4.93. The summed E-state index contributed by atoms with van der Waals surface area (Å²) in [6.07, 6.45) is 1.98. The highest BCUT2D eigenvalue weighted by molar-refractivity contribution is 14.1. The highest BCUT2D eigenvalue weighted by atomic mass is 127. The zero-order chi connectivity index (χ0) is 10.7. The lowest BCUT2D eigenvalue weighted by Crippen LogP contribution is -1.89. The van der Waals surface area contributed by atoms with E-state index >= 15 is 0 Å². The van der Waals surface area contributed by atoms with Gasteiger partial charge in [0.25, 0.3) is 0 Å². The maximum Gasteiger partial charge on any atom is 0.235 e. The Hall–Kier alpha value is -0.690. The Bertz CT molecular complexity index is 409. The van der Waals surface area contributed by atoms with Crippen LogP contribution in [-0.4, -0.2) is 4.92 Å². The summed E-state index contributed by atoms with van der Waals surface area (Å²) in [7, 11) is 0. The van der Waals surface area contributed by atoms with E-state index in [1.165, 1.54) is 18.2 Å². The molecule has 6 heteroatoms. The van der Waals surface area contributed by atoms with E-state index in [1.807, 2.05) is 0 Å². The molecular formula is C8H4ClFINO2. The monoisotopic (exact) mass is 327 g/mol. The van der Waals surface area contributed by atoms with Crippen LogP contribution in [0.1, 0.15) is 5.56 Å². The van der Waals surface area contributed by atoms with Gasteiger partial charge in [-0.2, -0.15) is 0 Å². The fourth-order valence-corrected chi connectivity index (χ4v) is 1.78. The van der Waals surface area contributed by atoms with Crippen molar-refractivity contribution in [3.63, 3.8) is 0 Å². The normalized spacial score (nSPS) is 10.8. The molecule has 1 rings (SSSR count). The summed E-state index contributed by atoms with van der Waals surface area (Å²) in [5.74, 6) is -0.558. The van der Waals surface area contributed by atoms with Crippen LogP contribution in [0.2, 0.25) is 5.02 Å². The minimum absolute atomic E-state index is 0.00709. The first kappa shape index (κ1) is 11.4. The molecule has 0 aliphatic rings. The third kappa shape index (κ3) is 2.65. The largest absolute Gasteiger partial charge is 0.259 e. The van der Waals surface area contributed by atoms with Crippen molar-refractivity contribution in [1.82, 2.24) is 0 Å². The van der Waals surface area contributed by atoms with Gasteiger partial charge in [-0.25, -0.2) is 4.39 Å². The van der Waals surface area contributed by atoms with Gasteiger partial charge in [0.05, 0.1) is 13.5 Å². The second kappa shape index (κ2) is 4.70. The van der Waals surface area contributed by atoms with Gasteiger partial charge in [0.2, 0.25) is 6.20 Å². The van der Waals surface area contributed by atoms with E-state index in [0.29, 0.717) is 5.56 Å². The molecule has 3 nitrogen and oxygen atoms in total. The SMILES string of the molecule is O=[N+]([O-])C=Cc1ccc(Cl)c(F)c1I. The van der Waals surface area contributed by atoms with Crippen LogP contribution < -0.4 is 0 Å².